The first-order valence-corrected chi connectivity index (χ1v) is 10.1. The van der Waals surface area contributed by atoms with Crippen LogP contribution in [-0.4, -0.2) is 84.3 Å². The molecule has 1 fully saturated rings. The molecule has 1 aliphatic carbocycles. The Bertz CT molecular complexity index is 814. The van der Waals surface area contributed by atoms with Crippen molar-refractivity contribution in [1.29, 1.82) is 0 Å². The highest BCUT2D eigenvalue weighted by atomic mass is 16.3. The lowest BCUT2D eigenvalue weighted by atomic mass is 10.1. The topological polar surface area (TPSA) is 55.7 Å². The minimum absolute atomic E-state index is 0.298. The fraction of sp³-hybridized carbons (Fsp3) is 0.619. The van der Waals surface area contributed by atoms with Crippen molar-refractivity contribution in [2.75, 3.05) is 58.3 Å². The molecule has 146 valence electrons. The molecule has 27 heavy (non-hydrogen) atoms. The van der Waals surface area contributed by atoms with E-state index < -0.39 is 0 Å². The third-order valence-electron chi connectivity index (χ3n) is 5.79. The summed E-state index contributed by atoms with van der Waals surface area (Å²) in [5.41, 5.74) is 5.11. The number of rotatable bonds is 5. The molecule has 1 N–H and O–H groups in total. The van der Waals surface area contributed by atoms with Gasteiger partial charge in [-0.3, -0.25) is 4.90 Å². The fourth-order valence-electron chi connectivity index (χ4n) is 4.39. The van der Waals surface area contributed by atoms with Crippen LogP contribution in [-0.2, 0) is 12.8 Å². The molecular formula is C21H31N5O. The number of likely N-dealkylation sites (N-methyl/N-ethyl adjacent to an activating group) is 1. The van der Waals surface area contributed by atoms with Crippen LogP contribution in [0.1, 0.15) is 23.2 Å². The number of piperazine rings is 1. The molecule has 1 aromatic heterocycles. The number of hydrogen-bond donors (Lipinski definition) is 1. The van der Waals surface area contributed by atoms with Crippen molar-refractivity contribution in [2.45, 2.75) is 32.3 Å². The van der Waals surface area contributed by atoms with Crippen LogP contribution in [0.2, 0.25) is 0 Å². The molecule has 6 nitrogen and oxygen atoms in total. The largest absolute Gasteiger partial charge is 0.390 e. The van der Waals surface area contributed by atoms with Crippen LogP contribution in [0.15, 0.2) is 12.1 Å². The van der Waals surface area contributed by atoms with E-state index in [9.17, 15) is 5.11 Å². The summed E-state index contributed by atoms with van der Waals surface area (Å²) in [6, 6.07) is 4.59. The lowest BCUT2D eigenvalue weighted by molar-refractivity contribution is 0.0859. The van der Waals surface area contributed by atoms with Crippen molar-refractivity contribution >= 4 is 16.9 Å². The van der Waals surface area contributed by atoms with E-state index in [-0.39, 0.29) is 6.10 Å². The number of nitrogens with zero attached hydrogens (tertiary/aromatic N) is 5. The third kappa shape index (κ3) is 4.08. The van der Waals surface area contributed by atoms with Crippen LogP contribution in [0.4, 0.5) is 5.95 Å². The predicted octanol–water partition coefficient (Wildman–Crippen LogP) is 1.47. The van der Waals surface area contributed by atoms with Crippen molar-refractivity contribution in [2.24, 2.45) is 0 Å². The first-order chi connectivity index (χ1) is 13.0. The summed E-state index contributed by atoms with van der Waals surface area (Å²) < 4.78 is 0. The first kappa shape index (κ1) is 18.6. The quantitative estimate of drug-likeness (QED) is 0.861. The van der Waals surface area contributed by atoms with Gasteiger partial charge in [0.15, 0.2) is 0 Å². The molecule has 1 atom stereocenters. The summed E-state index contributed by atoms with van der Waals surface area (Å²) in [7, 11) is 3.99. The van der Waals surface area contributed by atoms with Gasteiger partial charge in [0.2, 0.25) is 5.95 Å². The highest BCUT2D eigenvalue weighted by molar-refractivity contribution is 5.84. The van der Waals surface area contributed by atoms with Gasteiger partial charge < -0.3 is 14.9 Å². The van der Waals surface area contributed by atoms with Gasteiger partial charge in [0, 0.05) is 44.7 Å². The minimum Gasteiger partial charge on any atom is -0.390 e. The number of aliphatic hydroxyl groups is 1. The van der Waals surface area contributed by atoms with Crippen molar-refractivity contribution in [1.82, 2.24) is 19.8 Å². The molecule has 0 radical (unpaired) electrons. The Morgan fingerprint density at radius 3 is 2.48 bits per heavy atom. The summed E-state index contributed by atoms with van der Waals surface area (Å²) in [6.07, 6.45) is 3.33. The molecular weight excluding hydrogens is 338 g/mol. The molecule has 1 saturated heterocycles. The molecule has 6 heteroatoms. The third-order valence-corrected chi connectivity index (χ3v) is 5.79. The molecule has 0 saturated carbocycles. The smallest absolute Gasteiger partial charge is 0.226 e. The number of hydrogen-bond acceptors (Lipinski definition) is 6. The number of aryl methyl sites for hydroxylation is 3. The van der Waals surface area contributed by atoms with Crippen LogP contribution in [0, 0.1) is 6.92 Å². The molecule has 0 amide bonds. The van der Waals surface area contributed by atoms with Crippen LogP contribution >= 0.6 is 0 Å². The molecule has 2 aromatic rings. The summed E-state index contributed by atoms with van der Waals surface area (Å²) in [5.74, 6) is 0.853. The van der Waals surface area contributed by atoms with E-state index in [1.807, 2.05) is 19.0 Å². The maximum Gasteiger partial charge on any atom is 0.226 e. The molecule has 0 unspecified atom stereocenters. The first-order valence-electron chi connectivity index (χ1n) is 10.1. The zero-order valence-corrected chi connectivity index (χ0v) is 16.8. The molecule has 0 spiro atoms. The zero-order chi connectivity index (χ0) is 19.0. The summed E-state index contributed by atoms with van der Waals surface area (Å²) in [5, 5.41) is 11.4. The van der Waals surface area contributed by atoms with E-state index in [1.165, 1.54) is 35.8 Å². The summed E-state index contributed by atoms with van der Waals surface area (Å²) >= 11 is 0. The molecule has 2 heterocycles. The number of β-amino-alcohol motifs (C(OH)–C–C–N with tert-alkyl or cyclic N) is 1. The van der Waals surface area contributed by atoms with E-state index in [4.69, 9.17) is 9.97 Å². The highest BCUT2D eigenvalue weighted by Gasteiger charge is 2.22. The van der Waals surface area contributed by atoms with Crippen LogP contribution < -0.4 is 4.90 Å². The number of aliphatic hydroxyl groups excluding tert-OH is 1. The van der Waals surface area contributed by atoms with Crippen LogP contribution in [0.5, 0.6) is 0 Å². The normalized spacial score (nSPS) is 19.1. The van der Waals surface area contributed by atoms with Crippen molar-refractivity contribution in [3.8, 4) is 0 Å². The Labute approximate surface area is 161 Å². The van der Waals surface area contributed by atoms with E-state index in [0.29, 0.717) is 6.54 Å². The fourth-order valence-corrected chi connectivity index (χ4v) is 4.39. The summed E-state index contributed by atoms with van der Waals surface area (Å²) in [6.45, 7) is 7.23. The Morgan fingerprint density at radius 2 is 1.78 bits per heavy atom. The predicted molar refractivity (Wildman–Crippen MR) is 110 cm³/mol. The van der Waals surface area contributed by atoms with E-state index in [0.717, 1.165) is 49.9 Å². The van der Waals surface area contributed by atoms with Crippen molar-refractivity contribution in [3.05, 3.63) is 29.0 Å². The lowest BCUT2D eigenvalue weighted by Gasteiger charge is -2.36. The van der Waals surface area contributed by atoms with Gasteiger partial charge >= 0.3 is 0 Å². The molecule has 0 bridgehead atoms. The number of fused-ring (bicyclic) bond motifs is 2. The number of aromatic nitrogens is 2. The Morgan fingerprint density at radius 1 is 1.07 bits per heavy atom. The lowest BCUT2D eigenvalue weighted by Crippen LogP contribution is -2.50. The van der Waals surface area contributed by atoms with Gasteiger partial charge in [-0.25, -0.2) is 9.97 Å². The average Bonchev–Trinajstić information content (AvgIpc) is 3.07. The Balaban J connectivity index is 1.45. The zero-order valence-electron chi connectivity index (χ0n) is 16.8. The Kier molecular flexibility index (Phi) is 5.30. The second-order valence-corrected chi connectivity index (χ2v) is 8.30. The van der Waals surface area contributed by atoms with Gasteiger partial charge in [-0.1, -0.05) is 0 Å². The maximum atomic E-state index is 10.2. The van der Waals surface area contributed by atoms with E-state index in [2.05, 4.69) is 28.9 Å². The van der Waals surface area contributed by atoms with Gasteiger partial charge in [0.05, 0.1) is 17.3 Å². The average molecular weight is 370 g/mol. The van der Waals surface area contributed by atoms with Gasteiger partial charge in [0.25, 0.3) is 0 Å². The number of anilines is 1. The summed E-state index contributed by atoms with van der Waals surface area (Å²) in [4.78, 5) is 16.4. The maximum absolute atomic E-state index is 10.2. The Hall–Kier alpha value is -1.76. The van der Waals surface area contributed by atoms with Gasteiger partial charge in [-0.15, -0.1) is 0 Å². The van der Waals surface area contributed by atoms with E-state index >= 15 is 0 Å². The monoisotopic (exact) mass is 369 g/mol. The molecule has 2 aliphatic rings. The van der Waals surface area contributed by atoms with Crippen LogP contribution in [0.25, 0.3) is 10.9 Å². The molecule has 1 aromatic carbocycles. The second kappa shape index (κ2) is 7.70. The number of benzene rings is 1. The van der Waals surface area contributed by atoms with Gasteiger partial charge in [0.1, 0.15) is 0 Å². The SMILES string of the molecule is Cc1nc(N2CCN(C[C@@H](O)CN(C)C)CC2)nc2cc3c(cc12)CCC3. The van der Waals surface area contributed by atoms with E-state index in [1.54, 1.807) is 0 Å². The highest BCUT2D eigenvalue weighted by Crippen LogP contribution is 2.29. The van der Waals surface area contributed by atoms with Crippen LogP contribution in [0.3, 0.4) is 0 Å². The van der Waals surface area contributed by atoms with Crippen molar-refractivity contribution in [3.63, 3.8) is 0 Å². The van der Waals surface area contributed by atoms with Gasteiger partial charge in [-0.2, -0.15) is 0 Å². The van der Waals surface area contributed by atoms with Crippen molar-refractivity contribution < 1.29 is 5.11 Å². The molecule has 1 aliphatic heterocycles. The van der Waals surface area contributed by atoms with Gasteiger partial charge in [-0.05, 0) is 63.5 Å². The standard InChI is InChI=1S/C21H31N5O/c1-15-19-11-16-5-4-6-17(16)12-20(19)23-21(22-15)26-9-7-25(8-10-26)14-18(27)13-24(2)3/h11-12,18,27H,4-10,13-14H2,1-3H3/t18-/m0/s1. The molecule has 4 rings (SSSR count). The minimum atomic E-state index is -0.298. The second-order valence-electron chi connectivity index (χ2n) is 8.30.